The van der Waals surface area contributed by atoms with Gasteiger partial charge in [0.15, 0.2) is 0 Å². The average molecular weight is 323 g/mol. The van der Waals surface area contributed by atoms with Crippen molar-refractivity contribution >= 4 is 11.9 Å². The molecule has 7 nitrogen and oxygen atoms in total. The van der Waals surface area contributed by atoms with Crippen LogP contribution in [0.15, 0.2) is 53.4 Å². The van der Waals surface area contributed by atoms with Crippen LogP contribution >= 0.6 is 0 Å². The zero-order valence-electron chi connectivity index (χ0n) is 13.2. The Morgan fingerprint density at radius 1 is 1.17 bits per heavy atom. The Morgan fingerprint density at radius 3 is 2.75 bits per heavy atom. The molecule has 0 radical (unpaired) electrons. The van der Waals surface area contributed by atoms with Crippen LogP contribution in [0.4, 0.5) is 5.95 Å². The van der Waals surface area contributed by atoms with Crippen LogP contribution in [0.2, 0.25) is 0 Å². The van der Waals surface area contributed by atoms with Crippen LogP contribution in [0, 0.1) is 6.92 Å². The van der Waals surface area contributed by atoms with Crippen LogP contribution in [0.5, 0.6) is 0 Å². The SMILES string of the molecule is Cc1cc(C(=O)NCc2ccco2)nc(NCc2ccncc2)n1. The van der Waals surface area contributed by atoms with E-state index in [2.05, 4.69) is 25.6 Å². The molecule has 3 aromatic heterocycles. The third-order valence-electron chi connectivity index (χ3n) is 3.29. The van der Waals surface area contributed by atoms with E-state index < -0.39 is 0 Å². The Bertz CT molecular complexity index is 803. The van der Waals surface area contributed by atoms with Gasteiger partial charge in [-0.1, -0.05) is 0 Å². The summed E-state index contributed by atoms with van der Waals surface area (Å²) >= 11 is 0. The first-order valence-electron chi connectivity index (χ1n) is 7.50. The van der Waals surface area contributed by atoms with E-state index in [1.54, 1.807) is 36.9 Å². The number of pyridine rings is 1. The molecule has 0 fully saturated rings. The highest BCUT2D eigenvalue weighted by Gasteiger charge is 2.11. The molecule has 0 spiro atoms. The van der Waals surface area contributed by atoms with E-state index in [1.165, 1.54) is 0 Å². The molecule has 0 bridgehead atoms. The van der Waals surface area contributed by atoms with E-state index in [9.17, 15) is 4.79 Å². The second-order valence-electron chi connectivity index (χ2n) is 5.19. The fourth-order valence-corrected chi connectivity index (χ4v) is 2.12. The predicted molar refractivity (Wildman–Crippen MR) is 88.2 cm³/mol. The highest BCUT2D eigenvalue weighted by Crippen LogP contribution is 2.08. The normalized spacial score (nSPS) is 10.4. The summed E-state index contributed by atoms with van der Waals surface area (Å²) in [6.07, 6.45) is 5.01. The van der Waals surface area contributed by atoms with E-state index in [1.807, 2.05) is 19.1 Å². The smallest absolute Gasteiger partial charge is 0.270 e. The fourth-order valence-electron chi connectivity index (χ4n) is 2.12. The zero-order valence-corrected chi connectivity index (χ0v) is 13.2. The predicted octanol–water partition coefficient (Wildman–Crippen LogP) is 2.32. The molecule has 3 rings (SSSR count). The van der Waals surface area contributed by atoms with Gasteiger partial charge in [0, 0.05) is 24.6 Å². The van der Waals surface area contributed by atoms with Gasteiger partial charge in [-0.05, 0) is 42.8 Å². The van der Waals surface area contributed by atoms with Gasteiger partial charge in [0.05, 0.1) is 12.8 Å². The minimum Gasteiger partial charge on any atom is -0.467 e. The first-order valence-corrected chi connectivity index (χ1v) is 7.50. The third-order valence-corrected chi connectivity index (χ3v) is 3.29. The maximum absolute atomic E-state index is 12.2. The summed E-state index contributed by atoms with van der Waals surface area (Å²) in [5.74, 6) is 0.823. The summed E-state index contributed by atoms with van der Waals surface area (Å²) in [5, 5.41) is 5.89. The fraction of sp³-hybridized carbons (Fsp3) is 0.176. The Labute approximate surface area is 139 Å². The summed E-state index contributed by atoms with van der Waals surface area (Å²) in [6.45, 7) is 2.69. The number of rotatable bonds is 6. The average Bonchev–Trinajstić information content (AvgIpc) is 3.12. The van der Waals surface area contributed by atoms with Gasteiger partial charge in [0.2, 0.25) is 5.95 Å². The van der Waals surface area contributed by atoms with Crippen molar-refractivity contribution in [2.24, 2.45) is 0 Å². The number of anilines is 1. The minimum atomic E-state index is -0.274. The highest BCUT2D eigenvalue weighted by molar-refractivity contribution is 5.92. The van der Waals surface area contributed by atoms with E-state index in [-0.39, 0.29) is 5.91 Å². The lowest BCUT2D eigenvalue weighted by Crippen LogP contribution is -2.24. The van der Waals surface area contributed by atoms with Gasteiger partial charge in [-0.15, -0.1) is 0 Å². The number of carbonyl (C=O) groups excluding carboxylic acids is 1. The van der Waals surface area contributed by atoms with Crippen molar-refractivity contribution in [2.45, 2.75) is 20.0 Å². The molecule has 0 atom stereocenters. The molecule has 0 aromatic carbocycles. The first kappa shape index (κ1) is 15.7. The number of aryl methyl sites for hydroxylation is 1. The summed E-state index contributed by atoms with van der Waals surface area (Å²) < 4.78 is 5.19. The number of carbonyl (C=O) groups is 1. The van der Waals surface area contributed by atoms with Crippen LogP contribution in [0.3, 0.4) is 0 Å². The Kier molecular flexibility index (Phi) is 4.81. The molecule has 2 N–H and O–H groups in total. The van der Waals surface area contributed by atoms with Crippen LogP contribution in [0.1, 0.15) is 27.5 Å². The maximum Gasteiger partial charge on any atom is 0.270 e. The lowest BCUT2D eigenvalue weighted by molar-refractivity contribution is 0.0943. The van der Waals surface area contributed by atoms with Crippen molar-refractivity contribution in [3.05, 3.63) is 71.7 Å². The maximum atomic E-state index is 12.2. The second kappa shape index (κ2) is 7.36. The van der Waals surface area contributed by atoms with E-state index >= 15 is 0 Å². The van der Waals surface area contributed by atoms with Crippen LogP contribution in [0.25, 0.3) is 0 Å². The summed E-state index contributed by atoms with van der Waals surface area (Å²) in [5.41, 5.74) is 2.08. The van der Waals surface area contributed by atoms with Crippen molar-refractivity contribution in [1.29, 1.82) is 0 Å². The Balaban J connectivity index is 1.65. The number of hydrogen-bond donors (Lipinski definition) is 2. The topological polar surface area (TPSA) is 92.9 Å². The van der Waals surface area contributed by atoms with Crippen LogP contribution in [-0.2, 0) is 13.1 Å². The second-order valence-corrected chi connectivity index (χ2v) is 5.19. The molecule has 0 saturated carbocycles. The van der Waals surface area contributed by atoms with Crippen LogP contribution in [-0.4, -0.2) is 20.9 Å². The van der Waals surface area contributed by atoms with Gasteiger partial charge >= 0.3 is 0 Å². The van der Waals surface area contributed by atoms with Gasteiger partial charge in [0.25, 0.3) is 5.91 Å². The molecule has 0 saturated heterocycles. The quantitative estimate of drug-likeness (QED) is 0.723. The summed E-state index contributed by atoms with van der Waals surface area (Å²) in [7, 11) is 0. The molecule has 3 aromatic rings. The van der Waals surface area contributed by atoms with Crippen molar-refractivity contribution in [3.63, 3.8) is 0 Å². The Morgan fingerprint density at radius 2 is 2.00 bits per heavy atom. The number of aromatic nitrogens is 3. The number of nitrogens with zero attached hydrogens (tertiary/aromatic N) is 3. The van der Waals surface area contributed by atoms with E-state index in [4.69, 9.17) is 4.42 Å². The first-order chi connectivity index (χ1) is 11.7. The molecule has 0 aliphatic rings. The minimum absolute atomic E-state index is 0.274. The molecule has 0 aliphatic carbocycles. The lowest BCUT2D eigenvalue weighted by Gasteiger charge is -2.08. The highest BCUT2D eigenvalue weighted by atomic mass is 16.3. The third kappa shape index (κ3) is 4.16. The molecule has 3 heterocycles. The zero-order chi connectivity index (χ0) is 16.8. The molecule has 0 aliphatic heterocycles. The lowest BCUT2D eigenvalue weighted by atomic mass is 10.3. The van der Waals surface area contributed by atoms with Crippen molar-refractivity contribution in [2.75, 3.05) is 5.32 Å². The van der Waals surface area contributed by atoms with E-state index in [0.717, 1.165) is 5.56 Å². The standard InChI is InChI=1S/C17H17N5O2/c1-12-9-15(16(23)19-11-14-3-2-8-24-14)22-17(21-12)20-10-13-4-6-18-7-5-13/h2-9H,10-11H2,1H3,(H,19,23)(H,20,21,22). The number of hydrogen-bond acceptors (Lipinski definition) is 6. The van der Waals surface area contributed by atoms with Gasteiger partial charge in [0.1, 0.15) is 11.5 Å². The Hall–Kier alpha value is -3.22. The van der Waals surface area contributed by atoms with Crippen molar-refractivity contribution in [1.82, 2.24) is 20.3 Å². The molecular weight excluding hydrogens is 306 g/mol. The number of amides is 1. The van der Waals surface area contributed by atoms with E-state index in [0.29, 0.717) is 36.2 Å². The largest absolute Gasteiger partial charge is 0.467 e. The van der Waals surface area contributed by atoms with Gasteiger partial charge in [-0.3, -0.25) is 9.78 Å². The molecular formula is C17H17N5O2. The molecule has 7 heteroatoms. The summed E-state index contributed by atoms with van der Waals surface area (Å²) in [6, 6.07) is 9.03. The van der Waals surface area contributed by atoms with Crippen molar-refractivity contribution < 1.29 is 9.21 Å². The van der Waals surface area contributed by atoms with Gasteiger partial charge < -0.3 is 15.1 Å². The van der Waals surface area contributed by atoms with Crippen molar-refractivity contribution in [3.8, 4) is 0 Å². The summed E-state index contributed by atoms with van der Waals surface area (Å²) in [4.78, 5) is 24.8. The molecule has 1 amide bonds. The molecule has 122 valence electrons. The molecule has 24 heavy (non-hydrogen) atoms. The monoisotopic (exact) mass is 323 g/mol. The number of nitrogens with one attached hydrogen (secondary N) is 2. The van der Waals surface area contributed by atoms with Gasteiger partial charge in [-0.25, -0.2) is 9.97 Å². The number of furan rings is 1. The van der Waals surface area contributed by atoms with Crippen LogP contribution < -0.4 is 10.6 Å². The molecule has 0 unspecified atom stereocenters. The van der Waals surface area contributed by atoms with Gasteiger partial charge in [-0.2, -0.15) is 0 Å².